The Hall–Kier alpha value is -3.58. The molecular weight excluding hydrogens is 380 g/mol. The van der Waals surface area contributed by atoms with Crippen LogP contribution in [0.3, 0.4) is 0 Å². The van der Waals surface area contributed by atoms with Crippen molar-refractivity contribution in [1.29, 1.82) is 0 Å². The van der Waals surface area contributed by atoms with Gasteiger partial charge in [0.25, 0.3) is 0 Å². The highest BCUT2D eigenvalue weighted by Gasteiger charge is 2.19. The summed E-state index contributed by atoms with van der Waals surface area (Å²) in [5.74, 6) is 2.15. The summed E-state index contributed by atoms with van der Waals surface area (Å²) < 4.78 is 21.4. The van der Waals surface area contributed by atoms with Gasteiger partial charge in [-0.1, -0.05) is 12.1 Å². The SMILES string of the molecule is COc1cccc(-c2nccn2-c2ccc3c(c2)COC3)c1OCCn1ccnc1. The van der Waals surface area contributed by atoms with E-state index in [1.54, 1.807) is 25.8 Å². The first kappa shape index (κ1) is 18.4. The summed E-state index contributed by atoms with van der Waals surface area (Å²) in [4.78, 5) is 8.70. The number of para-hydroxylation sites is 1. The van der Waals surface area contributed by atoms with Crippen LogP contribution in [0.15, 0.2) is 67.5 Å². The molecule has 0 saturated heterocycles. The summed E-state index contributed by atoms with van der Waals surface area (Å²) >= 11 is 0. The Bertz CT molecular complexity index is 1150. The monoisotopic (exact) mass is 402 g/mol. The minimum Gasteiger partial charge on any atom is -0.493 e. The maximum Gasteiger partial charge on any atom is 0.172 e. The molecule has 2 aromatic carbocycles. The molecule has 0 unspecified atom stereocenters. The third kappa shape index (κ3) is 3.44. The van der Waals surface area contributed by atoms with Crippen LogP contribution in [0.25, 0.3) is 17.1 Å². The number of imidazole rings is 2. The van der Waals surface area contributed by atoms with Crippen molar-refractivity contribution in [2.45, 2.75) is 19.8 Å². The molecule has 0 spiro atoms. The molecule has 5 rings (SSSR count). The first-order chi connectivity index (χ1) is 14.8. The highest BCUT2D eigenvalue weighted by Crippen LogP contribution is 2.38. The fourth-order valence-corrected chi connectivity index (χ4v) is 3.69. The van der Waals surface area contributed by atoms with E-state index in [1.165, 1.54) is 11.1 Å². The molecule has 1 aliphatic heterocycles. The first-order valence-electron chi connectivity index (χ1n) is 9.82. The van der Waals surface area contributed by atoms with Gasteiger partial charge in [-0.3, -0.25) is 4.57 Å². The molecule has 7 heteroatoms. The number of fused-ring (bicyclic) bond motifs is 1. The predicted octanol–water partition coefficient (Wildman–Crippen LogP) is 3.85. The highest BCUT2D eigenvalue weighted by molar-refractivity contribution is 5.70. The van der Waals surface area contributed by atoms with Crippen LogP contribution in [-0.4, -0.2) is 32.8 Å². The first-order valence-corrected chi connectivity index (χ1v) is 9.82. The molecule has 152 valence electrons. The molecule has 0 aliphatic carbocycles. The van der Waals surface area contributed by atoms with Crippen LogP contribution in [0, 0.1) is 0 Å². The number of hydrogen-bond donors (Lipinski definition) is 0. The van der Waals surface area contributed by atoms with Gasteiger partial charge in [0.1, 0.15) is 12.4 Å². The molecule has 0 fully saturated rings. The van der Waals surface area contributed by atoms with Gasteiger partial charge in [0, 0.05) is 30.5 Å². The molecule has 30 heavy (non-hydrogen) atoms. The number of aromatic nitrogens is 4. The fraction of sp³-hybridized carbons (Fsp3) is 0.217. The minimum absolute atomic E-state index is 0.487. The second-order valence-corrected chi connectivity index (χ2v) is 7.05. The molecule has 2 aromatic heterocycles. The number of nitrogens with zero attached hydrogens (tertiary/aromatic N) is 4. The van der Waals surface area contributed by atoms with Crippen LogP contribution in [0.1, 0.15) is 11.1 Å². The summed E-state index contributed by atoms with van der Waals surface area (Å²) in [7, 11) is 1.65. The van der Waals surface area contributed by atoms with Gasteiger partial charge in [-0.05, 0) is 35.4 Å². The van der Waals surface area contributed by atoms with Gasteiger partial charge >= 0.3 is 0 Å². The lowest BCUT2D eigenvalue weighted by Gasteiger charge is -2.16. The Labute approximate surface area is 174 Å². The van der Waals surface area contributed by atoms with Gasteiger partial charge in [-0.25, -0.2) is 9.97 Å². The van der Waals surface area contributed by atoms with Crippen LogP contribution < -0.4 is 9.47 Å². The standard InChI is InChI=1S/C23H22N4O3/c1-28-21-4-2-3-20(22(21)30-12-11-26-9-7-24-16-26)23-25-8-10-27(23)19-6-5-17-14-29-15-18(17)13-19/h2-10,13,16H,11-12,14-15H2,1H3. The topological polar surface area (TPSA) is 63.3 Å². The lowest BCUT2D eigenvalue weighted by atomic mass is 10.1. The molecule has 0 amide bonds. The van der Waals surface area contributed by atoms with Crippen LogP contribution in [-0.2, 0) is 24.5 Å². The van der Waals surface area contributed by atoms with Gasteiger partial charge in [-0.15, -0.1) is 0 Å². The van der Waals surface area contributed by atoms with E-state index < -0.39 is 0 Å². The normalized spacial score (nSPS) is 12.7. The van der Waals surface area contributed by atoms with Crippen LogP contribution in [0.2, 0.25) is 0 Å². The van der Waals surface area contributed by atoms with Crippen molar-refractivity contribution in [3.05, 3.63) is 78.6 Å². The lowest BCUT2D eigenvalue weighted by Crippen LogP contribution is -2.08. The molecule has 7 nitrogen and oxygen atoms in total. The molecule has 3 heterocycles. The zero-order valence-corrected chi connectivity index (χ0v) is 16.7. The van der Waals surface area contributed by atoms with Gasteiger partial charge < -0.3 is 18.8 Å². The number of ether oxygens (including phenoxy) is 3. The van der Waals surface area contributed by atoms with Crippen molar-refractivity contribution in [2.24, 2.45) is 0 Å². The highest BCUT2D eigenvalue weighted by atomic mass is 16.5. The summed E-state index contributed by atoms with van der Waals surface area (Å²) in [5.41, 5.74) is 4.38. The van der Waals surface area contributed by atoms with E-state index in [-0.39, 0.29) is 0 Å². The van der Waals surface area contributed by atoms with E-state index in [9.17, 15) is 0 Å². The molecule has 0 radical (unpaired) electrons. The third-order valence-electron chi connectivity index (χ3n) is 5.22. The second-order valence-electron chi connectivity index (χ2n) is 7.05. The van der Waals surface area contributed by atoms with E-state index in [2.05, 4.69) is 32.7 Å². The Morgan fingerprint density at radius 1 is 1.07 bits per heavy atom. The Kier molecular flexibility index (Phi) is 4.94. The van der Waals surface area contributed by atoms with E-state index in [0.717, 1.165) is 17.1 Å². The summed E-state index contributed by atoms with van der Waals surface area (Å²) in [6.45, 7) is 2.50. The Balaban J connectivity index is 1.49. The van der Waals surface area contributed by atoms with Crippen molar-refractivity contribution in [1.82, 2.24) is 19.1 Å². The Morgan fingerprint density at radius 2 is 2.00 bits per heavy atom. The largest absolute Gasteiger partial charge is 0.493 e. The molecule has 4 aromatic rings. The van der Waals surface area contributed by atoms with Crippen LogP contribution >= 0.6 is 0 Å². The van der Waals surface area contributed by atoms with Crippen molar-refractivity contribution in [3.8, 4) is 28.6 Å². The third-order valence-corrected chi connectivity index (χ3v) is 5.22. The Morgan fingerprint density at radius 3 is 2.87 bits per heavy atom. The van der Waals surface area contributed by atoms with Gasteiger partial charge in [-0.2, -0.15) is 0 Å². The maximum atomic E-state index is 6.17. The number of rotatable bonds is 7. The molecule has 0 N–H and O–H groups in total. The average molecular weight is 402 g/mol. The molecular formula is C23H22N4O3. The van der Waals surface area contributed by atoms with Crippen molar-refractivity contribution < 1.29 is 14.2 Å². The summed E-state index contributed by atoms with van der Waals surface area (Å²) in [6, 6.07) is 12.2. The molecule has 0 saturated carbocycles. The van der Waals surface area contributed by atoms with Crippen molar-refractivity contribution >= 4 is 0 Å². The van der Waals surface area contributed by atoms with Gasteiger partial charge in [0.2, 0.25) is 0 Å². The number of hydrogen-bond acceptors (Lipinski definition) is 5. The van der Waals surface area contributed by atoms with E-state index >= 15 is 0 Å². The summed E-state index contributed by atoms with van der Waals surface area (Å²) in [6.07, 6.45) is 9.20. The van der Waals surface area contributed by atoms with E-state index in [4.69, 9.17) is 14.2 Å². The maximum absolute atomic E-state index is 6.17. The second kappa shape index (κ2) is 8.04. The van der Waals surface area contributed by atoms with E-state index in [1.807, 2.05) is 35.2 Å². The summed E-state index contributed by atoms with van der Waals surface area (Å²) in [5, 5.41) is 0. The predicted molar refractivity (Wildman–Crippen MR) is 112 cm³/mol. The van der Waals surface area contributed by atoms with Crippen LogP contribution in [0.4, 0.5) is 0 Å². The zero-order valence-electron chi connectivity index (χ0n) is 16.7. The smallest absolute Gasteiger partial charge is 0.172 e. The van der Waals surface area contributed by atoms with E-state index in [0.29, 0.717) is 37.9 Å². The lowest BCUT2D eigenvalue weighted by molar-refractivity contribution is 0.134. The molecule has 0 atom stereocenters. The molecule has 0 bridgehead atoms. The van der Waals surface area contributed by atoms with Crippen LogP contribution in [0.5, 0.6) is 11.5 Å². The minimum atomic E-state index is 0.487. The van der Waals surface area contributed by atoms with Gasteiger partial charge in [0.15, 0.2) is 11.5 Å². The fourth-order valence-electron chi connectivity index (χ4n) is 3.69. The molecule has 1 aliphatic rings. The number of benzene rings is 2. The quantitative estimate of drug-likeness (QED) is 0.470. The van der Waals surface area contributed by atoms with Crippen molar-refractivity contribution in [3.63, 3.8) is 0 Å². The van der Waals surface area contributed by atoms with Crippen molar-refractivity contribution in [2.75, 3.05) is 13.7 Å². The van der Waals surface area contributed by atoms with Gasteiger partial charge in [0.05, 0.1) is 38.8 Å². The zero-order chi connectivity index (χ0) is 20.3. The number of methoxy groups -OCH3 is 1. The average Bonchev–Trinajstić information content (AvgIpc) is 3.54.